The van der Waals surface area contributed by atoms with Crippen molar-refractivity contribution in [3.63, 3.8) is 0 Å². The van der Waals surface area contributed by atoms with Crippen LogP contribution in [-0.2, 0) is 4.74 Å². The summed E-state index contributed by atoms with van der Waals surface area (Å²) in [7, 11) is 2.09. The zero-order chi connectivity index (χ0) is 14.8. The molecule has 6 heteroatoms. The van der Waals surface area contributed by atoms with Crippen molar-refractivity contribution in [1.82, 2.24) is 9.97 Å². The molecule has 1 aliphatic heterocycles. The van der Waals surface area contributed by atoms with E-state index in [1.807, 2.05) is 0 Å². The van der Waals surface area contributed by atoms with Crippen molar-refractivity contribution in [3.8, 4) is 0 Å². The highest BCUT2D eigenvalue weighted by Crippen LogP contribution is 2.31. The lowest BCUT2D eigenvalue weighted by molar-refractivity contribution is 0.116. The van der Waals surface area contributed by atoms with Crippen LogP contribution < -0.4 is 10.2 Å². The van der Waals surface area contributed by atoms with Crippen LogP contribution in [0.5, 0.6) is 0 Å². The first-order valence-electron chi connectivity index (χ1n) is 7.52. The lowest BCUT2D eigenvalue weighted by Crippen LogP contribution is -2.29. The molecule has 3 heterocycles. The number of fused-ring (bicyclic) bond motifs is 1. The summed E-state index contributed by atoms with van der Waals surface area (Å²) in [6.45, 7) is 6.77. The van der Waals surface area contributed by atoms with Gasteiger partial charge in [0.2, 0.25) is 5.95 Å². The average Bonchev–Trinajstić information content (AvgIpc) is 3.06. The fraction of sp³-hybridized carbons (Fsp3) is 0.600. The van der Waals surface area contributed by atoms with Crippen LogP contribution >= 0.6 is 11.3 Å². The van der Waals surface area contributed by atoms with Gasteiger partial charge in [-0.05, 0) is 32.8 Å². The SMILES string of the molecule is CCNc1nc(N(C)CC2CCCO2)c2cc(C)sc2n1. The van der Waals surface area contributed by atoms with Crippen LogP contribution in [-0.4, -0.2) is 42.8 Å². The van der Waals surface area contributed by atoms with E-state index in [1.165, 1.54) is 4.88 Å². The number of hydrogen-bond donors (Lipinski definition) is 1. The predicted octanol–water partition coefficient (Wildman–Crippen LogP) is 3.05. The minimum Gasteiger partial charge on any atom is -0.376 e. The monoisotopic (exact) mass is 306 g/mol. The van der Waals surface area contributed by atoms with Crippen LogP contribution in [0.25, 0.3) is 10.2 Å². The molecule has 0 spiro atoms. The first-order valence-corrected chi connectivity index (χ1v) is 8.34. The molecule has 114 valence electrons. The molecule has 0 aromatic carbocycles. The second-order valence-corrected chi connectivity index (χ2v) is 6.73. The number of thiophene rings is 1. The van der Waals surface area contributed by atoms with Crippen molar-refractivity contribution >= 4 is 33.3 Å². The molecule has 3 rings (SSSR count). The van der Waals surface area contributed by atoms with Crippen LogP contribution in [0.3, 0.4) is 0 Å². The van der Waals surface area contributed by atoms with Gasteiger partial charge in [-0.2, -0.15) is 4.98 Å². The number of ether oxygens (including phenoxy) is 1. The minimum atomic E-state index is 0.322. The van der Waals surface area contributed by atoms with Gasteiger partial charge in [0, 0.05) is 31.6 Å². The normalized spacial score (nSPS) is 18.3. The Balaban J connectivity index is 1.93. The van der Waals surface area contributed by atoms with Gasteiger partial charge in [0.25, 0.3) is 0 Å². The van der Waals surface area contributed by atoms with Crippen molar-refractivity contribution < 1.29 is 4.74 Å². The smallest absolute Gasteiger partial charge is 0.226 e. The number of hydrogen-bond acceptors (Lipinski definition) is 6. The molecule has 0 radical (unpaired) electrons. The lowest BCUT2D eigenvalue weighted by Gasteiger charge is -2.22. The number of nitrogens with one attached hydrogen (secondary N) is 1. The van der Waals surface area contributed by atoms with Gasteiger partial charge in [0.15, 0.2) is 0 Å². The Morgan fingerprint density at radius 3 is 3.05 bits per heavy atom. The minimum absolute atomic E-state index is 0.322. The number of anilines is 2. The standard InChI is InChI=1S/C15H22N4OS/c1-4-16-15-17-13(12-8-10(2)21-14(12)18-15)19(3)9-11-6-5-7-20-11/h8,11H,4-7,9H2,1-3H3,(H,16,17,18). The maximum atomic E-state index is 5.74. The van der Waals surface area contributed by atoms with E-state index < -0.39 is 0 Å². The zero-order valence-corrected chi connectivity index (χ0v) is 13.7. The molecule has 0 bridgehead atoms. The van der Waals surface area contributed by atoms with Crippen molar-refractivity contribution in [2.45, 2.75) is 32.8 Å². The molecule has 1 atom stereocenters. The molecule has 1 fully saturated rings. The highest BCUT2D eigenvalue weighted by molar-refractivity contribution is 7.18. The largest absolute Gasteiger partial charge is 0.376 e. The van der Waals surface area contributed by atoms with E-state index in [-0.39, 0.29) is 0 Å². The number of rotatable bonds is 5. The Bertz CT molecular complexity index is 621. The maximum absolute atomic E-state index is 5.74. The summed E-state index contributed by atoms with van der Waals surface area (Å²) in [4.78, 5) is 13.8. The quantitative estimate of drug-likeness (QED) is 0.920. The molecule has 2 aromatic rings. The Hall–Kier alpha value is -1.40. The molecular weight excluding hydrogens is 284 g/mol. The zero-order valence-electron chi connectivity index (χ0n) is 12.8. The molecule has 0 saturated carbocycles. The highest BCUT2D eigenvalue weighted by atomic mass is 32.1. The number of nitrogens with zero attached hydrogens (tertiary/aromatic N) is 3. The van der Waals surface area contributed by atoms with Gasteiger partial charge in [-0.15, -0.1) is 11.3 Å². The second-order valence-electron chi connectivity index (χ2n) is 5.49. The molecule has 1 saturated heterocycles. The molecule has 21 heavy (non-hydrogen) atoms. The van der Waals surface area contributed by atoms with Gasteiger partial charge in [0.1, 0.15) is 10.6 Å². The fourth-order valence-electron chi connectivity index (χ4n) is 2.74. The van der Waals surface area contributed by atoms with Crippen LogP contribution in [0.1, 0.15) is 24.6 Å². The molecule has 1 aliphatic rings. The Morgan fingerprint density at radius 2 is 2.33 bits per heavy atom. The van der Waals surface area contributed by atoms with E-state index in [9.17, 15) is 0 Å². The van der Waals surface area contributed by atoms with Gasteiger partial charge >= 0.3 is 0 Å². The molecule has 2 aromatic heterocycles. The summed E-state index contributed by atoms with van der Waals surface area (Å²) < 4.78 is 5.74. The highest BCUT2D eigenvalue weighted by Gasteiger charge is 2.20. The summed E-state index contributed by atoms with van der Waals surface area (Å²) in [5.74, 6) is 1.71. The van der Waals surface area contributed by atoms with Crippen LogP contribution in [0.2, 0.25) is 0 Å². The van der Waals surface area contributed by atoms with Crippen molar-refractivity contribution in [1.29, 1.82) is 0 Å². The van der Waals surface area contributed by atoms with E-state index in [0.717, 1.165) is 48.6 Å². The van der Waals surface area contributed by atoms with E-state index in [1.54, 1.807) is 11.3 Å². The van der Waals surface area contributed by atoms with E-state index >= 15 is 0 Å². The Kier molecular flexibility index (Phi) is 4.26. The van der Waals surface area contributed by atoms with Gasteiger partial charge < -0.3 is 15.0 Å². The van der Waals surface area contributed by atoms with E-state index in [2.05, 4.69) is 42.2 Å². The summed E-state index contributed by atoms with van der Waals surface area (Å²) in [5.41, 5.74) is 0. The van der Waals surface area contributed by atoms with Gasteiger partial charge in [-0.3, -0.25) is 0 Å². The molecule has 1 N–H and O–H groups in total. The second kappa shape index (κ2) is 6.15. The van der Waals surface area contributed by atoms with E-state index in [0.29, 0.717) is 12.1 Å². The molecule has 0 amide bonds. The van der Waals surface area contributed by atoms with Crippen molar-refractivity contribution in [3.05, 3.63) is 10.9 Å². The van der Waals surface area contributed by atoms with Crippen molar-refractivity contribution in [2.75, 3.05) is 37.0 Å². The molecule has 1 unspecified atom stereocenters. The van der Waals surface area contributed by atoms with Gasteiger partial charge in [0.05, 0.1) is 11.5 Å². The fourth-order valence-corrected chi connectivity index (χ4v) is 3.61. The Morgan fingerprint density at radius 1 is 1.48 bits per heavy atom. The molecule has 5 nitrogen and oxygen atoms in total. The average molecular weight is 306 g/mol. The first kappa shape index (κ1) is 14.5. The van der Waals surface area contributed by atoms with Crippen LogP contribution in [0.4, 0.5) is 11.8 Å². The van der Waals surface area contributed by atoms with Crippen LogP contribution in [0, 0.1) is 6.92 Å². The maximum Gasteiger partial charge on any atom is 0.226 e. The summed E-state index contributed by atoms with van der Waals surface area (Å²) in [6, 6.07) is 2.18. The number of likely N-dealkylation sites (N-methyl/N-ethyl adjacent to an activating group) is 1. The number of aryl methyl sites for hydroxylation is 1. The van der Waals surface area contributed by atoms with Crippen LogP contribution in [0.15, 0.2) is 6.07 Å². The predicted molar refractivity (Wildman–Crippen MR) is 88.6 cm³/mol. The lowest BCUT2D eigenvalue weighted by atomic mass is 10.2. The Labute approximate surface area is 129 Å². The number of aromatic nitrogens is 2. The third kappa shape index (κ3) is 3.11. The topological polar surface area (TPSA) is 50.3 Å². The van der Waals surface area contributed by atoms with E-state index in [4.69, 9.17) is 9.72 Å². The molecular formula is C15H22N4OS. The van der Waals surface area contributed by atoms with Gasteiger partial charge in [-0.25, -0.2) is 4.98 Å². The first-order chi connectivity index (χ1) is 10.2. The third-order valence-corrected chi connectivity index (χ3v) is 4.64. The molecule has 0 aliphatic carbocycles. The summed E-state index contributed by atoms with van der Waals surface area (Å²) in [5, 5.41) is 4.36. The summed E-state index contributed by atoms with van der Waals surface area (Å²) in [6.07, 6.45) is 2.63. The summed E-state index contributed by atoms with van der Waals surface area (Å²) >= 11 is 1.72. The van der Waals surface area contributed by atoms with Gasteiger partial charge in [-0.1, -0.05) is 0 Å². The van der Waals surface area contributed by atoms with Crippen molar-refractivity contribution in [2.24, 2.45) is 0 Å². The third-order valence-electron chi connectivity index (χ3n) is 3.69.